The normalized spacial score (nSPS) is 11.8. The molecule has 0 spiro atoms. The number of amides is 2. The minimum absolute atomic E-state index is 0.00239. The molecule has 0 saturated heterocycles. The third kappa shape index (κ3) is 8.32. The standard InChI is InChI=1S/C18H24N4O2S3/c1-3-10-19-15(23)12-25-17-21-22-18(27-17)26-13(2)16(24)20-11-9-14-7-5-4-6-8-14/h4-8,13H,3,9-12H2,1-2H3,(H,19,23)(H,20,24). The molecule has 2 rings (SSSR count). The predicted molar refractivity (Wildman–Crippen MR) is 112 cm³/mol. The highest BCUT2D eigenvalue weighted by atomic mass is 32.2. The lowest BCUT2D eigenvalue weighted by atomic mass is 10.1. The second-order valence-electron chi connectivity index (χ2n) is 5.76. The van der Waals surface area contributed by atoms with Gasteiger partial charge in [-0.2, -0.15) is 0 Å². The zero-order valence-corrected chi connectivity index (χ0v) is 17.9. The molecule has 0 aliphatic rings. The third-order valence-corrected chi connectivity index (χ3v) is 6.73. The number of nitrogens with zero attached hydrogens (tertiary/aromatic N) is 2. The van der Waals surface area contributed by atoms with Crippen LogP contribution in [0.25, 0.3) is 0 Å². The maximum Gasteiger partial charge on any atom is 0.233 e. The van der Waals surface area contributed by atoms with Gasteiger partial charge < -0.3 is 10.6 Å². The van der Waals surface area contributed by atoms with Gasteiger partial charge in [-0.15, -0.1) is 10.2 Å². The number of benzene rings is 1. The van der Waals surface area contributed by atoms with Crippen LogP contribution in [-0.4, -0.2) is 46.1 Å². The molecule has 1 unspecified atom stereocenters. The van der Waals surface area contributed by atoms with E-state index in [4.69, 9.17) is 0 Å². The second kappa shape index (κ2) is 12.0. The Kier molecular flexibility index (Phi) is 9.65. The van der Waals surface area contributed by atoms with Crippen LogP contribution in [0.15, 0.2) is 39.0 Å². The Morgan fingerprint density at radius 3 is 2.59 bits per heavy atom. The quantitative estimate of drug-likeness (QED) is 0.540. The zero-order valence-electron chi connectivity index (χ0n) is 15.4. The SMILES string of the molecule is CCCNC(=O)CSc1nnc(SC(C)C(=O)NCCc2ccccc2)s1. The first-order valence-electron chi connectivity index (χ1n) is 8.79. The molecule has 0 aliphatic heterocycles. The lowest BCUT2D eigenvalue weighted by molar-refractivity contribution is -0.120. The van der Waals surface area contributed by atoms with Crippen molar-refractivity contribution in [3.8, 4) is 0 Å². The average molecular weight is 425 g/mol. The largest absolute Gasteiger partial charge is 0.355 e. The van der Waals surface area contributed by atoms with Gasteiger partial charge in [-0.1, -0.05) is 72.1 Å². The number of carbonyl (C=O) groups is 2. The van der Waals surface area contributed by atoms with Gasteiger partial charge in [-0.3, -0.25) is 9.59 Å². The fourth-order valence-electron chi connectivity index (χ4n) is 2.07. The lowest BCUT2D eigenvalue weighted by Gasteiger charge is -2.10. The molecule has 1 atom stereocenters. The summed E-state index contributed by atoms with van der Waals surface area (Å²) >= 11 is 4.16. The topological polar surface area (TPSA) is 84.0 Å². The number of carbonyl (C=O) groups excluding carboxylic acids is 2. The van der Waals surface area contributed by atoms with E-state index in [1.54, 1.807) is 0 Å². The summed E-state index contributed by atoms with van der Waals surface area (Å²) in [6.07, 6.45) is 1.73. The third-order valence-electron chi connectivity index (χ3n) is 3.49. The van der Waals surface area contributed by atoms with Gasteiger partial charge in [0.15, 0.2) is 8.68 Å². The van der Waals surface area contributed by atoms with Gasteiger partial charge in [0.05, 0.1) is 11.0 Å². The second-order valence-corrected chi connectivity index (χ2v) is 9.55. The fourth-order valence-corrected chi connectivity index (χ4v) is 5.09. The van der Waals surface area contributed by atoms with E-state index in [9.17, 15) is 9.59 Å². The first-order valence-corrected chi connectivity index (χ1v) is 11.5. The predicted octanol–water partition coefficient (Wildman–Crippen LogP) is 3.00. The molecular formula is C18H24N4O2S3. The van der Waals surface area contributed by atoms with Gasteiger partial charge in [0.25, 0.3) is 0 Å². The molecule has 0 fully saturated rings. The van der Waals surface area contributed by atoms with Crippen molar-refractivity contribution in [3.63, 3.8) is 0 Å². The maximum atomic E-state index is 12.2. The maximum absolute atomic E-state index is 12.2. The van der Waals surface area contributed by atoms with Crippen molar-refractivity contribution in [2.24, 2.45) is 0 Å². The molecule has 0 aliphatic carbocycles. The zero-order chi connectivity index (χ0) is 19.5. The Morgan fingerprint density at radius 2 is 1.85 bits per heavy atom. The molecule has 146 valence electrons. The molecule has 6 nitrogen and oxygen atoms in total. The van der Waals surface area contributed by atoms with Crippen molar-refractivity contribution in [2.75, 3.05) is 18.8 Å². The van der Waals surface area contributed by atoms with Crippen LogP contribution >= 0.6 is 34.9 Å². The number of thioether (sulfide) groups is 2. The van der Waals surface area contributed by atoms with Crippen LogP contribution in [-0.2, 0) is 16.0 Å². The molecule has 2 amide bonds. The molecular weight excluding hydrogens is 400 g/mol. The Labute approximate surface area is 172 Å². The van der Waals surface area contributed by atoms with Crippen molar-refractivity contribution in [3.05, 3.63) is 35.9 Å². The average Bonchev–Trinajstić information content (AvgIpc) is 3.12. The van der Waals surface area contributed by atoms with E-state index in [0.717, 1.165) is 21.5 Å². The van der Waals surface area contributed by atoms with Gasteiger partial charge in [0, 0.05) is 13.1 Å². The van der Waals surface area contributed by atoms with Crippen molar-refractivity contribution in [1.82, 2.24) is 20.8 Å². The summed E-state index contributed by atoms with van der Waals surface area (Å²) in [7, 11) is 0. The first-order chi connectivity index (χ1) is 13.1. The summed E-state index contributed by atoms with van der Waals surface area (Å²) in [5.41, 5.74) is 1.20. The van der Waals surface area contributed by atoms with Crippen LogP contribution in [0, 0.1) is 0 Å². The number of rotatable bonds is 11. The number of hydrogen-bond donors (Lipinski definition) is 2. The summed E-state index contributed by atoms with van der Waals surface area (Å²) in [6.45, 7) is 5.17. The van der Waals surface area contributed by atoms with E-state index in [-0.39, 0.29) is 17.1 Å². The highest BCUT2D eigenvalue weighted by Gasteiger charge is 2.17. The summed E-state index contributed by atoms with van der Waals surface area (Å²) in [5, 5.41) is 13.7. The lowest BCUT2D eigenvalue weighted by Crippen LogP contribution is -2.32. The molecule has 1 aromatic carbocycles. The monoisotopic (exact) mass is 424 g/mol. The molecule has 9 heteroatoms. The van der Waals surface area contributed by atoms with Crippen molar-refractivity contribution in [1.29, 1.82) is 0 Å². The fraction of sp³-hybridized carbons (Fsp3) is 0.444. The molecule has 27 heavy (non-hydrogen) atoms. The molecule has 2 aromatic rings. The van der Waals surface area contributed by atoms with Gasteiger partial charge in [-0.25, -0.2) is 0 Å². The first kappa shape index (κ1) is 21.7. The minimum Gasteiger partial charge on any atom is -0.355 e. The van der Waals surface area contributed by atoms with Crippen molar-refractivity contribution >= 4 is 46.7 Å². The van der Waals surface area contributed by atoms with Crippen LogP contribution < -0.4 is 10.6 Å². The molecule has 0 saturated carbocycles. The van der Waals surface area contributed by atoms with E-state index in [2.05, 4.69) is 20.8 Å². The van der Waals surface area contributed by atoms with Crippen molar-refractivity contribution in [2.45, 2.75) is 40.6 Å². The van der Waals surface area contributed by atoms with Crippen LogP contribution in [0.4, 0.5) is 0 Å². The van der Waals surface area contributed by atoms with Gasteiger partial charge in [0.2, 0.25) is 11.8 Å². The number of nitrogens with one attached hydrogen (secondary N) is 2. The molecule has 0 radical (unpaired) electrons. The van der Waals surface area contributed by atoms with Crippen molar-refractivity contribution < 1.29 is 9.59 Å². The molecule has 1 heterocycles. The summed E-state index contributed by atoms with van der Waals surface area (Å²) < 4.78 is 1.47. The Balaban J connectivity index is 1.70. The minimum atomic E-state index is -0.251. The van der Waals surface area contributed by atoms with E-state index < -0.39 is 0 Å². The summed E-state index contributed by atoms with van der Waals surface area (Å²) in [5.74, 6) is 0.311. The van der Waals surface area contributed by atoms with Crippen LogP contribution in [0.5, 0.6) is 0 Å². The van der Waals surface area contributed by atoms with E-state index >= 15 is 0 Å². The van der Waals surface area contributed by atoms with E-state index in [0.29, 0.717) is 18.8 Å². The summed E-state index contributed by atoms with van der Waals surface area (Å²) in [6, 6.07) is 10.1. The highest BCUT2D eigenvalue weighted by molar-refractivity contribution is 8.04. The van der Waals surface area contributed by atoms with Crippen LogP contribution in [0.2, 0.25) is 0 Å². The molecule has 1 aromatic heterocycles. The number of aromatic nitrogens is 2. The van der Waals surface area contributed by atoms with Gasteiger partial charge in [-0.05, 0) is 25.3 Å². The Morgan fingerprint density at radius 1 is 1.11 bits per heavy atom. The van der Waals surface area contributed by atoms with E-state index in [1.807, 2.05) is 44.2 Å². The van der Waals surface area contributed by atoms with Crippen LogP contribution in [0.3, 0.4) is 0 Å². The Bertz CT molecular complexity index is 724. The number of hydrogen-bond acceptors (Lipinski definition) is 7. The molecule has 0 bridgehead atoms. The van der Waals surface area contributed by atoms with Gasteiger partial charge >= 0.3 is 0 Å². The van der Waals surface area contributed by atoms with Crippen LogP contribution in [0.1, 0.15) is 25.8 Å². The summed E-state index contributed by atoms with van der Waals surface area (Å²) in [4.78, 5) is 23.8. The Hall–Kier alpha value is -1.58. The van der Waals surface area contributed by atoms with Gasteiger partial charge in [0.1, 0.15) is 0 Å². The molecule has 2 N–H and O–H groups in total. The highest BCUT2D eigenvalue weighted by Crippen LogP contribution is 2.31. The van der Waals surface area contributed by atoms with E-state index in [1.165, 1.54) is 40.4 Å². The smallest absolute Gasteiger partial charge is 0.233 e.